The summed E-state index contributed by atoms with van der Waals surface area (Å²) in [5.74, 6) is 2.37. The summed E-state index contributed by atoms with van der Waals surface area (Å²) >= 11 is 1.74. The summed E-state index contributed by atoms with van der Waals surface area (Å²) in [5, 5.41) is 7.98. The Labute approximate surface area is 188 Å². The highest BCUT2D eigenvalue weighted by molar-refractivity contribution is 14.0. The first-order valence-electron chi connectivity index (χ1n) is 9.36. The number of thiazole rings is 1. The van der Waals surface area contributed by atoms with Gasteiger partial charge in [0.05, 0.1) is 30.0 Å². The minimum atomic E-state index is 0. The minimum absolute atomic E-state index is 0. The molecule has 1 saturated heterocycles. The summed E-state index contributed by atoms with van der Waals surface area (Å²) < 4.78 is 5.50. The van der Waals surface area contributed by atoms with Crippen molar-refractivity contribution in [2.45, 2.75) is 26.8 Å². The fourth-order valence-corrected chi connectivity index (χ4v) is 4.35. The maximum atomic E-state index is 5.50. The van der Waals surface area contributed by atoms with Gasteiger partial charge in [-0.2, -0.15) is 0 Å². The van der Waals surface area contributed by atoms with Crippen LogP contribution in [0.1, 0.15) is 22.0 Å². The first-order chi connectivity index (χ1) is 13.1. The molecule has 8 heteroatoms. The van der Waals surface area contributed by atoms with E-state index in [2.05, 4.69) is 44.6 Å². The molecule has 1 aromatic carbocycles. The number of aliphatic imine (C=N–C) groups is 1. The highest BCUT2D eigenvalue weighted by Gasteiger charge is 2.24. The molecule has 1 atom stereocenters. The third kappa shape index (κ3) is 5.73. The zero-order chi connectivity index (χ0) is 19.2. The Hall–Kier alpha value is -1.55. The molecular weight excluding hydrogens is 485 g/mol. The second kappa shape index (κ2) is 10.8. The second-order valence-corrected chi connectivity index (χ2v) is 8.11. The number of halogens is 1. The first kappa shape index (κ1) is 22.7. The molecule has 2 aromatic rings. The number of aryl methyl sites for hydroxylation is 2. The molecule has 1 unspecified atom stereocenters. The summed E-state index contributed by atoms with van der Waals surface area (Å²) in [4.78, 5) is 12.5. The third-order valence-corrected chi connectivity index (χ3v) is 5.98. The number of methoxy groups -OCH3 is 1. The molecule has 0 aliphatic carbocycles. The van der Waals surface area contributed by atoms with Gasteiger partial charge in [0.25, 0.3) is 0 Å². The van der Waals surface area contributed by atoms with Gasteiger partial charge in [0.1, 0.15) is 5.75 Å². The molecule has 0 bridgehead atoms. The van der Waals surface area contributed by atoms with Crippen LogP contribution in [0.25, 0.3) is 0 Å². The van der Waals surface area contributed by atoms with E-state index in [9.17, 15) is 0 Å². The maximum absolute atomic E-state index is 5.50. The van der Waals surface area contributed by atoms with Crippen LogP contribution < -0.4 is 20.3 Å². The van der Waals surface area contributed by atoms with Crippen LogP contribution in [0.15, 0.2) is 29.3 Å². The average Bonchev–Trinajstić information content (AvgIpc) is 3.28. The van der Waals surface area contributed by atoms with Crippen molar-refractivity contribution < 1.29 is 4.74 Å². The van der Waals surface area contributed by atoms with Crippen molar-refractivity contribution in [2.24, 2.45) is 10.9 Å². The number of guanidine groups is 1. The Morgan fingerprint density at radius 1 is 1.32 bits per heavy atom. The molecule has 154 valence electrons. The van der Waals surface area contributed by atoms with E-state index in [1.54, 1.807) is 18.4 Å². The van der Waals surface area contributed by atoms with Crippen LogP contribution in [0, 0.1) is 19.8 Å². The molecule has 1 aliphatic heterocycles. The maximum Gasteiger partial charge on any atom is 0.191 e. The zero-order valence-electron chi connectivity index (χ0n) is 17.0. The number of benzene rings is 1. The fraction of sp³-hybridized carbons (Fsp3) is 0.500. The molecule has 1 aliphatic rings. The van der Waals surface area contributed by atoms with Crippen molar-refractivity contribution >= 4 is 47.0 Å². The molecular formula is C20H30IN5OS. The first-order valence-corrected chi connectivity index (χ1v) is 10.2. The monoisotopic (exact) mass is 515 g/mol. The van der Waals surface area contributed by atoms with Crippen LogP contribution in [0.3, 0.4) is 0 Å². The number of hydrogen-bond acceptors (Lipinski definition) is 5. The minimum Gasteiger partial charge on any atom is -0.495 e. The van der Waals surface area contributed by atoms with Gasteiger partial charge in [0.15, 0.2) is 5.96 Å². The number of nitrogens with zero attached hydrogens (tertiary/aromatic N) is 3. The number of nitrogens with one attached hydrogen (secondary N) is 2. The molecule has 0 radical (unpaired) electrons. The number of rotatable bonds is 6. The van der Waals surface area contributed by atoms with Gasteiger partial charge in [-0.25, -0.2) is 4.98 Å². The van der Waals surface area contributed by atoms with E-state index in [1.165, 1.54) is 10.6 Å². The van der Waals surface area contributed by atoms with E-state index in [0.717, 1.165) is 55.0 Å². The van der Waals surface area contributed by atoms with Crippen molar-refractivity contribution in [3.8, 4) is 5.75 Å². The van der Waals surface area contributed by atoms with E-state index >= 15 is 0 Å². The standard InChI is InChI=1S/C20H29N5OS.HI/c1-14-19(27-15(2)24-14)12-23-20(21-3)22-11-16-9-10-25(13-16)17-7-5-6-8-18(17)26-4;/h5-8,16H,9-13H2,1-4H3,(H2,21,22,23);1H. The van der Waals surface area contributed by atoms with Gasteiger partial charge in [-0.15, -0.1) is 35.3 Å². The van der Waals surface area contributed by atoms with E-state index in [1.807, 2.05) is 26.1 Å². The van der Waals surface area contributed by atoms with Gasteiger partial charge in [-0.05, 0) is 38.3 Å². The van der Waals surface area contributed by atoms with Gasteiger partial charge in [-0.3, -0.25) is 4.99 Å². The van der Waals surface area contributed by atoms with E-state index in [-0.39, 0.29) is 24.0 Å². The van der Waals surface area contributed by atoms with Crippen molar-refractivity contribution in [3.63, 3.8) is 0 Å². The predicted molar refractivity (Wildman–Crippen MR) is 129 cm³/mol. The van der Waals surface area contributed by atoms with Crippen molar-refractivity contribution in [1.82, 2.24) is 15.6 Å². The molecule has 28 heavy (non-hydrogen) atoms. The lowest BCUT2D eigenvalue weighted by Gasteiger charge is -2.21. The Bertz CT molecular complexity index is 795. The smallest absolute Gasteiger partial charge is 0.191 e. The number of ether oxygens (including phenoxy) is 1. The van der Waals surface area contributed by atoms with Gasteiger partial charge < -0.3 is 20.3 Å². The largest absolute Gasteiger partial charge is 0.495 e. The molecule has 3 rings (SSSR count). The highest BCUT2D eigenvalue weighted by Crippen LogP contribution is 2.31. The van der Waals surface area contributed by atoms with Gasteiger partial charge in [0.2, 0.25) is 0 Å². The molecule has 1 fully saturated rings. The Kier molecular flexibility index (Phi) is 8.81. The van der Waals surface area contributed by atoms with Crippen LogP contribution in [0.2, 0.25) is 0 Å². The SMILES string of the molecule is CN=C(NCc1sc(C)nc1C)NCC1CCN(c2ccccc2OC)C1.I. The summed E-state index contributed by atoms with van der Waals surface area (Å²) in [6.07, 6.45) is 1.16. The number of para-hydroxylation sites is 2. The second-order valence-electron chi connectivity index (χ2n) is 6.82. The topological polar surface area (TPSA) is 61.8 Å². The summed E-state index contributed by atoms with van der Waals surface area (Å²) in [5.41, 5.74) is 2.28. The van der Waals surface area contributed by atoms with E-state index in [4.69, 9.17) is 4.74 Å². The number of anilines is 1. The lowest BCUT2D eigenvalue weighted by atomic mass is 10.1. The van der Waals surface area contributed by atoms with Crippen LogP contribution >= 0.6 is 35.3 Å². The van der Waals surface area contributed by atoms with E-state index in [0.29, 0.717) is 5.92 Å². The van der Waals surface area contributed by atoms with Crippen LogP contribution in [0.5, 0.6) is 5.75 Å². The third-order valence-electron chi connectivity index (χ3n) is 4.91. The Balaban J connectivity index is 0.00000280. The normalized spacial score (nSPS) is 16.6. The molecule has 0 amide bonds. The van der Waals surface area contributed by atoms with Crippen molar-refractivity contribution in [1.29, 1.82) is 0 Å². The molecule has 0 spiro atoms. The quantitative estimate of drug-likeness (QED) is 0.350. The molecule has 2 heterocycles. The van der Waals surface area contributed by atoms with Gasteiger partial charge in [0, 0.05) is 31.6 Å². The summed E-state index contributed by atoms with van der Waals surface area (Å²) in [6, 6.07) is 8.24. The molecule has 2 N–H and O–H groups in total. The summed E-state index contributed by atoms with van der Waals surface area (Å²) in [7, 11) is 3.55. The number of hydrogen-bond donors (Lipinski definition) is 2. The van der Waals surface area contributed by atoms with Gasteiger partial charge in [-0.1, -0.05) is 12.1 Å². The molecule has 0 saturated carbocycles. The Morgan fingerprint density at radius 3 is 2.79 bits per heavy atom. The van der Waals surface area contributed by atoms with Gasteiger partial charge >= 0.3 is 0 Å². The van der Waals surface area contributed by atoms with Crippen LogP contribution in [-0.2, 0) is 6.54 Å². The molecule has 1 aromatic heterocycles. The summed E-state index contributed by atoms with van der Waals surface area (Å²) in [6.45, 7) is 7.85. The lowest BCUT2D eigenvalue weighted by Crippen LogP contribution is -2.39. The van der Waals surface area contributed by atoms with Crippen molar-refractivity contribution in [3.05, 3.63) is 39.8 Å². The predicted octanol–water partition coefficient (Wildman–Crippen LogP) is 3.58. The average molecular weight is 515 g/mol. The lowest BCUT2D eigenvalue weighted by molar-refractivity contribution is 0.414. The highest BCUT2D eigenvalue weighted by atomic mass is 127. The van der Waals surface area contributed by atoms with Crippen LogP contribution in [0.4, 0.5) is 5.69 Å². The fourth-order valence-electron chi connectivity index (χ4n) is 3.47. The van der Waals surface area contributed by atoms with E-state index < -0.39 is 0 Å². The molecule has 6 nitrogen and oxygen atoms in total. The Morgan fingerprint density at radius 2 is 2.11 bits per heavy atom. The zero-order valence-corrected chi connectivity index (χ0v) is 20.1. The van der Waals surface area contributed by atoms with Crippen LogP contribution in [-0.4, -0.2) is 44.7 Å². The van der Waals surface area contributed by atoms with Crippen molar-refractivity contribution in [2.75, 3.05) is 38.7 Å². The number of aromatic nitrogens is 1.